The Kier molecular flexibility index (Phi) is 6.31. The minimum atomic E-state index is -0.258. The quantitative estimate of drug-likeness (QED) is 0.619. The van der Waals surface area contributed by atoms with E-state index < -0.39 is 0 Å². The van der Waals surface area contributed by atoms with Gasteiger partial charge >= 0.3 is 0 Å². The molecule has 1 rings (SSSR count). The molecule has 0 aliphatic rings. The molecule has 0 aliphatic heterocycles. The summed E-state index contributed by atoms with van der Waals surface area (Å²) in [6, 6.07) is -0.258. The number of carbonyl (C=O) groups is 1. The second-order valence-corrected chi connectivity index (χ2v) is 3.94. The van der Waals surface area contributed by atoms with Crippen LogP contribution in [0, 0.1) is 6.92 Å². The van der Waals surface area contributed by atoms with E-state index in [0.717, 1.165) is 0 Å². The Balaban J connectivity index is 2.16. The van der Waals surface area contributed by atoms with Crippen LogP contribution >= 0.6 is 0 Å². The average molecular weight is 256 g/mol. The minimum Gasteiger partial charge on any atom is -0.383 e. The highest BCUT2D eigenvalue weighted by molar-refractivity contribution is 5.81. The maximum atomic E-state index is 11.6. The molecule has 1 amide bonds. The summed E-state index contributed by atoms with van der Waals surface area (Å²) < 4.78 is 9.82. The standard InChI is InChI=1S/C11H20N4O3/c1-8(11(16)13-6-7-17-3)12-5-4-10-14-9(2)15-18-10/h8,12H,4-7H2,1-3H3,(H,13,16). The first-order chi connectivity index (χ1) is 8.63. The molecule has 0 aromatic carbocycles. The first-order valence-electron chi connectivity index (χ1n) is 5.92. The summed E-state index contributed by atoms with van der Waals surface area (Å²) in [4.78, 5) is 15.7. The molecule has 1 heterocycles. The van der Waals surface area contributed by atoms with Gasteiger partial charge in [0.05, 0.1) is 12.6 Å². The number of carbonyl (C=O) groups excluding carboxylic acids is 1. The minimum absolute atomic E-state index is 0.0474. The smallest absolute Gasteiger partial charge is 0.236 e. The zero-order chi connectivity index (χ0) is 13.4. The molecule has 1 unspecified atom stereocenters. The van der Waals surface area contributed by atoms with E-state index in [0.29, 0.717) is 37.8 Å². The predicted molar refractivity (Wildman–Crippen MR) is 65.1 cm³/mol. The van der Waals surface area contributed by atoms with Crippen LogP contribution < -0.4 is 10.6 Å². The van der Waals surface area contributed by atoms with Crippen LogP contribution in [0.1, 0.15) is 18.6 Å². The van der Waals surface area contributed by atoms with Crippen molar-refractivity contribution in [3.63, 3.8) is 0 Å². The van der Waals surface area contributed by atoms with Gasteiger partial charge in [0.25, 0.3) is 0 Å². The highest BCUT2D eigenvalue weighted by Gasteiger charge is 2.11. The molecule has 0 fully saturated rings. The van der Waals surface area contributed by atoms with Crippen molar-refractivity contribution in [2.75, 3.05) is 26.8 Å². The molecular formula is C11H20N4O3. The second-order valence-electron chi connectivity index (χ2n) is 3.94. The molecule has 0 spiro atoms. The average Bonchev–Trinajstić information content (AvgIpc) is 2.75. The lowest BCUT2D eigenvalue weighted by Crippen LogP contribution is -2.43. The number of aryl methyl sites for hydroxylation is 1. The van der Waals surface area contributed by atoms with Crippen LogP contribution in [-0.4, -0.2) is 48.9 Å². The Morgan fingerprint density at radius 3 is 2.89 bits per heavy atom. The largest absolute Gasteiger partial charge is 0.383 e. The lowest BCUT2D eigenvalue weighted by Gasteiger charge is -2.12. The Morgan fingerprint density at radius 2 is 2.28 bits per heavy atom. The third-order valence-corrected chi connectivity index (χ3v) is 2.36. The fourth-order valence-corrected chi connectivity index (χ4v) is 1.36. The first-order valence-corrected chi connectivity index (χ1v) is 5.92. The number of ether oxygens (including phenoxy) is 1. The van der Waals surface area contributed by atoms with Gasteiger partial charge in [-0.25, -0.2) is 0 Å². The van der Waals surface area contributed by atoms with E-state index in [1.54, 1.807) is 21.0 Å². The molecule has 0 aliphatic carbocycles. The SMILES string of the molecule is COCCNC(=O)C(C)NCCc1nc(C)no1. The summed E-state index contributed by atoms with van der Waals surface area (Å²) in [7, 11) is 1.60. The van der Waals surface area contributed by atoms with Crippen LogP contribution in [0.15, 0.2) is 4.52 Å². The summed E-state index contributed by atoms with van der Waals surface area (Å²) in [6.07, 6.45) is 0.608. The number of rotatable bonds is 8. The topological polar surface area (TPSA) is 89.3 Å². The summed E-state index contributed by atoms with van der Waals surface area (Å²) in [5, 5.41) is 9.54. The zero-order valence-corrected chi connectivity index (χ0v) is 11.0. The number of nitrogens with zero attached hydrogens (tertiary/aromatic N) is 2. The summed E-state index contributed by atoms with van der Waals surface area (Å²) in [6.45, 7) is 5.22. The lowest BCUT2D eigenvalue weighted by atomic mass is 10.3. The van der Waals surface area contributed by atoms with Gasteiger partial charge in [-0.2, -0.15) is 4.98 Å². The molecule has 1 atom stereocenters. The Labute approximate surface area is 106 Å². The number of nitrogens with one attached hydrogen (secondary N) is 2. The molecule has 0 saturated carbocycles. The highest BCUT2D eigenvalue weighted by atomic mass is 16.5. The van der Waals surface area contributed by atoms with Crippen molar-refractivity contribution in [2.45, 2.75) is 26.3 Å². The number of methoxy groups -OCH3 is 1. The molecule has 1 aromatic rings. The van der Waals surface area contributed by atoms with E-state index in [2.05, 4.69) is 20.8 Å². The molecule has 102 valence electrons. The van der Waals surface area contributed by atoms with Crippen molar-refractivity contribution in [3.8, 4) is 0 Å². The van der Waals surface area contributed by atoms with Crippen LogP contribution in [0.5, 0.6) is 0 Å². The van der Waals surface area contributed by atoms with Gasteiger partial charge in [0.1, 0.15) is 0 Å². The Bertz CT molecular complexity index is 367. The van der Waals surface area contributed by atoms with Gasteiger partial charge in [0.15, 0.2) is 5.82 Å². The van der Waals surface area contributed by atoms with Gasteiger partial charge in [-0.3, -0.25) is 4.79 Å². The van der Waals surface area contributed by atoms with E-state index in [1.807, 2.05) is 0 Å². The van der Waals surface area contributed by atoms with E-state index in [1.165, 1.54) is 0 Å². The van der Waals surface area contributed by atoms with Crippen molar-refractivity contribution in [1.29, 1.82) is 0 Å². The number of amides is 1. The van der Waals surface area contributed by atoms with E-state index >= 15 is 0 Å². The van der Waals surface area contributed by atoms with Crippen LogP contribution in [0.25, 0.3) is 0 Å². The van der Waals surface area contributed by atoms with Crippen LogP contribution in [0.2, 0.25) is 0 Å². The molecule has 1 aromatic heterocycles. The number of aromatic nitrogens is 2. The molecule has 0 bridgehead atoms. The highest BCUT2D eigenvalue weighted by Crippen LogP contribution is 1.96. The lowest BCUT2D eigenvalue weighted by molar-refractivity contribution is -0.122. The van der Waals surface area contributed by atoms with Gasteiger partial charge in [-0.15, -0.1) is 0 Å². The fourth-order valence-electron chi connectivity index (χ4n) is 1.36. The molecular weight excluding hydrogens is 236 g/mol. The van der Waals surface area contributed by atoms with Gasteiger partial charge in [-0.1, -0.05) is 5.16 Å². The van der Waals surface area contributed by atoms with E-state index in [-0.39, 0.29) is 11.9 Å². The van der Waals surface area contributed by atoms with E-state index in [4.69, 9.17) is 9.26 Å². The van der Waals surface area contributed by atoms with E-state index in [9.17, 15) is 4.79 Å². The fraction of sp³-hybridized carbons (Fsp3) is 0.727. The summed E-state index contributed by atoms with van der Waals surface area (Å²) in [5.74, 6) is 1.15. The van der Waals surface area contributed by atoms with Gasteiger partial charge < -0.3 is 19.9 Å². The number of hydrogen-bond acceptors (Lipinski definition) is 6. The van der Waals surface area contributed by atoms with Gasteiger partial charge in [0.2, 0.25) is 11.8 Å². The van der Waals surface area contributed by atoms with Crippen molar-refractivity contribution in [1.82, 2.24) is 20.8 Å². The number of hydrogen-bond donors (Lipinski definition) is 2. The second kappa shape index (κ2) is 7.78. The molecule has 7 nitrogen and oxygen atoms in total. The van der Waals surface area contributed by atoms with Crippen LogP contribution in [0.4, 0.5) is 0 Å². The van der Waals surface area contributed by atoms with Gasteiger partial charge in [-0.05, 0) is 13.8 Å². The zero-order valence-electron chi connectivity index (χ0n) is 11.0. The summed E-state index contributed by atoms with van der Waals surface area (Å²) >= 11 is 0. The molecule has 0 radical (unpaired) electrons. The Hall–Kier alpha value is -1.47. The van der Waals surface area contributed by atoms with Crippen molar-refractivity contribution in [2.24, 2.45) is 0 Å². The summed E-state index contributed by atoms with van der Waals surface area (Å²) in [5.41, 5.74) is 0. The molecule has 2 N–H and O–H groups in total. The van der Waals surface area contributed by atoms with Crippen LogP contribution in [0.3, 0.4) is 0 Å². The van der Waals surface area contributed by atoms with Crippen LogP contribution in [-0.2, 0) is 16.0 Å². The van der Waals surface area contributed by atoms with Crippen molar-refractivity contribution in [3.05, 3.63) is 11.7 Å². The molecule has 18 heavy (non-hydrogen) atoms. The normalized spacial score (nSPS) is 12.4. The maximum Gasteiger partial charge on any atom is 0.236 e. The first kappa shape index (κ1) is 14.6. The Morgan fingerprint density at radius 1 is 1.50 bits per heavy atom. The predicted octanol–water partition coefficient (Wildman–Crippen LogP) is -0.339. The van der Waals surface area contributed by atoms with Gasteiger partial charge in [0, 0.05) is 26.6 Å². The third-order valence-electron chi connectivity index (χ3n) is 2.36. The molecule has 7 heteroatoms. The maximum absolute atomic E-state index is 11.6. The monoisotopic (exact) mass is 256 g/mol. The third kappa shape index (κ3) is 5.24. The van der Waals surface area contributed by atoms with Crippen molar-refractivity contribution < 1.29 is 14.1 Å². The molecule has 0 saturated heterocycles. The van der Waals surface area contributed by atoms with Crippen molar-refractivity contribution >= 4 is 5.91 Å².